The van der Waals surface area contributed by atoms with E-state index in [4.69, 9.17) is 5.11 Å². The van der Waals surface area contributed by atoms with Gasteiger partial charge in [-0.3, -0.25) is 9.59 Å². The topological polar surface area (TPSA) is 66.4 Å². The minimum atomic E-state index is -0.745. The van der Waals surface area contributed by atoms with Crippen LogP contribution in [0.1, 0.15) is 52.4 Å². The van der Waals surface area contributed by atoms with E-state index < -0.39 is 5.97 Å². The van der Waals surface area contributed by atoms with E-state index in [1.54, 1.807) is 0 Å². The lowest BCUT2D eigenvalue weighted by molar-refractivity contribution is -0.137. The Bertz CT molecular complexity index is 290. The van der Waals surface area contributed by atoms with Crippen molar-refractivity contribution in [3.8, 4) is 0 Å². The number of hydrogen-bond donors (Lipinski definition) is 2. The molecule has 1 saturated carbocycles. The molecule has 0 heterocycles. The number of amides is 1. The quantitative estimate of drug-likeness (QED) is 0.640. The number of carbonyl (C=O) groups is 2. The molecule has 1 rings (SSSR count). The third-order valence-electron chi connectivity index (χ3n) is 3.84. The largest absolute Gasteiger partial charge is 0.481 e. The average Bonchev–Trinajstić information content (AvgIpc) is 2.96. The second kappa shape index (κ2) is 6.03. The predicted molar refractivity (Wildman–Crippen MR) is 65.6 cm³/mol. The number of hydrogen-bond acceptors (Lipinski definition) is 2. The van der Waals surface area contributed by atoms with Crippen molar-refractivity contribution in [2.45, 2.75) is 52.4 Å². The van der Waals surface area contributed by atoms with Gasteiger partial charge in [-0.1, -0.05) is 20.3 Å². The zero-order valence-corrected chi connectivity index (χ0v) is 10.8. The van der Waals surface area contributed by atoms with Crippen LogP contribution in [-0.2, 0) is 9.59 Å². The van der Waals surface area contributed by atoms with Gasteiger partial charge >= 0.3 is 5.97 Å². The van der Waals surface area contributed by atoms with Crippen molar-refractivity contribution in [3.05, 3.63) is 0 Å². The summed E-state index contributed by atoms with van der Waals surface area (Å²) in [6, 6.07) is 0. The van der Waals surface area contributed by atoms with Crippen LogP contribution in [0.4, 0.5) is 0 Å². The van der Waals surface area contributed by atoms with Crippen molar-refractivity contribution in [2.75, 3.05) is 6.54 Å². The highest BCUT2D eigenvalue weighted by Gasteiger charge is 2.52. The molecule has 0 aromatic carbocycles. The van der Waals surface area contributed by atoms with Gasteiger partial charge in [-0.15, -0.1) is 0 Å². The summed E-state index contributed by atoms with van der Waals surface area (Å²) in [5.41, 5.74) is 0.230. The Balaban J connectivity index is 2.01. The van der Waals surface area contributed by atoms with E-state index in [0.29, 0.717) is 13.0 Å². The van der Waals surface area contributed by atoms with E-state index >= 15 is 0 Å². The SMILES string of the molecule is CCC1(C)CC1C(=O)NCCCCCC(=O)O. The van der Waals surface area contributed by atoms with Gasteiger partial charge in [0.1, 0.15) is 0 Å². The van der Waals surface area contributed by atoms with E-state index in [1.807, 2.05) is 0 Å². The number of nitrogens with one attached hydrogen (secondary N) is 1. The first kappa shape index (κ1) is 14.0. The second-order valence-corrected chi connectivity index (χ2v) is 5.26. The fourth-order valence-corrected chi connectivity index (χ4v) is 2.12. The maximum atomic E-state index is 11.7. The number of carbonyl (C=O) groups excluding carboxylic acids is 1. The highest BCUT2D eigenvalue weighted by atomic mass is 16.4. The van der Waals surface area contributed by atoms with Crippen LogP contribution in [0.2, 0.25) is 0 Å². The fourth-order valence-electron chi connectivity index (χ4n) is 2.12. The number of carboxylic acids is 1. The molecule has 1 aliphatic carbocycles. The molecule has 0 spiro atoms. The molecule has 1 amide bonds. The normalized spacial score (nSPS) is 26.6. The van der Waals surface area contributed by atoms with Crippen LogP contribution in [0.3, 0.4) is 0 Å². The summed E-state index contributed by atoms with van der Waals surface area (Å²) in [5, 5.41) is 11.4. The molecule has 0 radical (unpaired) electrons. The molecule has 2 unspecified atom stereocenters. The van der Waals surface area contributed by atoms with Crippen molar-refractivity contribution in [1.82, 2.24) is 5.32 Å². The summed E-state index contributed by atoms with van der Waals surface area (Å²) in [6.45, 7) is 4.96. The molecule has 17 heavy (non-hydrogen) atoms. The molecular weight excluding hydrogens is 218 g/mol. The van der Waals surface area contributed by atoms with Crippen LogP contribution >= 0.6 is 0 Å². The highest BCUT2D eigenvalue weighted by molar-refractivity contribution is 5.82. The number of unbranched alkanes of at least 4 members (excludes halogenated alkanes) is 2. The Morgan fingerprint density at radius 3 is 2.59 bits per heavy atom. The molecule has 0 aromatic heterocycles. The summed E-state index contributed by atoms with van der Waals surface area (Å²) in [5.74, 6) is -0.371. The van der Waals surface area contributed by atoms with E-state index in [1.165, 1.54) is 0 Å². The summed E-state index contributed by atoms with van der Waals surface area (Å²) in [7, 11) is 0. The molecule has 4 heteroatoms. The molecule has 2 atom stereocenters. The number of rotatable bonds is 8. The Morgan fingerprint density at radius 1 is 1.35 bits per heavy atom. The van der Waals surface area contributed by atoms with E-state index in [-0.39, 0.29) is 23.7 Å². The van der Waals surface area contributed by atoms with Gasteiger partial charge in [-0.2, -0.15) is 0 Å². The van der Waals surface area contributed by atoms with Crippen molar-refractivity contribution in [1.29, 1.82) is 0 Å². The molecule has 1 aliphatic rings. The summed E-state index contributed by atoms with van der Waals surface area (Å²) in [4.78, 5) is 22.0. The zero-order chi connectivity index (χ0) is 12.9. The van der Waals surface area contributed by atoms with E-state index in [9.17, 15) is 9.59 Å². The molecule has 0 saturated heterocycles. The van der Waals surface area contributed by atoms with Gasteiger partial charge in [0, 0.05) is 18.9 Å². The van der Waals surface area contributed by atoms with Crippen molar-refractivity contribution >= 4 is 11.9 Å². The zero-order valence-electron chi connectivity index (χ0n) is 10.8. The van der Waals surface area contributed by atoms with Gasteiger partial charge in [0.2, 0.25) is 5.91 Å². The van der Waals surface area contributed by atoms with Crippen LogP contribution in [0.25, 0.3) is 0 Å². The minimum absolute atomic E-state index is 0.174. The van der Waals surface area contributed by atoms with Crippen LogP contribution in [-0.4, -0.2) is 23.5 Å². The maximum Gasteiger partial charge on any atom is 0.303 e. The highest BCUT2D eigenvalue weighted by Crippen LogP contribution is 2.54. The van der Waals surface area contributed by atoms with E-state index in [2.05, 4.69) is 19.2 Å². The average molecular weight is 241 g/mol. The minimum Gasteiger partial charge on any atom is -0.481 e. The Labute approximate surface area is 103 Å². The third-order valence-corrected chi connectivity index (χ3v) is 3.84. The standard InChI is InChI=1S/C13H23NO3/c1-3-13(2)9-10(13)12(17)14-8-6-4-5-7-11(15)16/h10H,3-9H2,1-2H3,(H,14,17)(H,15,16). The first-order valence-electron chi connectivity index (χ1n) is 6.49. The summed E-state index contributed by atoms with van der Waals surface area (Å²) >= 11 is 0. The predicted octanol–water partition coefficient (Wildman–Crippen LogP) is 2.18. The van der Waals surface area contributed by atoms with Crippen molar-refractivity contribution < 1.29 is 14.7 Å². The third kappa shape index (κ3) is 4.36. The summed E-state index contributed by atoms with van der Waals surface area (Å²) in [6.07, 6.45) is 4.72. The van der Waals surface area contributed by atoms with Gasteiger partial charge in [-0.05, 0) is 31.1 Å². The smallest absolute Gasteiger partial charge is 0.303 e. The Kier molecular flexibility index (Phi) is 4.97. The molecule has 0 bridgehead atoms. The Morgan fingerprint density at radius 2 is 2.06 bits per heavy atom. The maximum absolute atomic E-state index is 11.7. The van der Waals surface area contributed by atoms with Crippen LogP contribution in [0, 0.1) is 11.3 Å². The molecular formula is C13H23NO3. The molecule has 1 fully saturated rings. The molecule has 2 N–H and O–H groups in total. The lowest BCUT2D eigenvalue weighted by Crippen LogP contribution is -2.27. The molecule has 98 valence electrons. The van der Waals surface area contributed by atoms with Gasteiger partial charge in [0.25, 0.3) is 0 Å². The molecule has 0 aromatic rings. The lowest BCUT2D eigenvalue weighted by atomic mass is 10.0. The van der Waals surface area contributed by atoms with Crippen molar-refractivity contribution in [2.24, 2.45) is 11.3 Å². The first-order chi connectivity index (χ1) is 7.99. The van der Waals surface area contributed by atoms with Gasteiger partial charge in [0.05, 0.1) is 0 Å². The first-order valence-corrected chi connectivity index (χ1v) is 6.49. The molecule has 4 nitrogen and oxygen atoms in total. The van der Waals surface area contributed by atoms with Crippen molar-refractivity contribution in [3.63, 3.8) is 0 Å². The molecule has 0 aliphatic heterocycles. The van der Waals surface area contributed by atoms with Crippen LogP contribution < -0.4 is 5.32 Å². The second-order valence-electron chi connectivity index (χ2n) is 5.26. The lowest BCUT2D eigenvalue weighted by Gasteiger charge is -2.08. The van der Waals surface area contributed by atoms with Crippen LogP contribution in [0.15, 0.2) is 0 Å². The van der Waals surface area contributed by atoms with Gasteiger partial charge in [-0.25, -0.2) is 0 Å². The monoisotopic (exact) mass is 241 g/mol. The number of carboxylic acid groups (broad SMARTS) is 1. The van der Waals surface area contributed by atoms with Crippen LogP contribution in [0.5, 0.6) is 0 Å². The van der Waals surface area contributed by atoms with E-state index in [0.717, 1.165) is 25.7 Å². The number of aliphatic carboxylic acids is 1. The fraction of sp³-hybridized carbons (Fsp3) is 0.846. The van der Waals surface area contributed by atoms with Gasteiger partial charge < -0.3 is 10.4 Å². The summed E-state index contributed by atoms with van der Waals surface area (Å²) < 4.78 is 0. The Hall–Kier alpha value is -1.06. The van der Waals surface area contributed by atoms with Gasteiger partial charge in [0.15, 0.2) is 0 Å².